The summed E-state index contributed by atoms with van der Waals surface area (Å²) in [5.74, 6) is -1.35. The second-order valence-corrected chi connectivity index (χ2v) is 5.71. The van der Waals surface area contributed by atoms with Gasteiger partial charge in [-0.05, 0) is 36.2 Å². The van der Waals surface area contributed by atoms with Gasteiger partial charge in [0.05, 0.1) is 17.7 Å². The van der Waals surface area contributed by atoms with Crippen molar-refractivity contribution in [1.82, 2.24) is 9.88 Å². The van der Waals surface area contributed by atoms with Crippen molar-refractivity contribution in [2.45, 2.75) is 18.6 Å². The number of amides is 2. The van der Waals surface area contributed by atoms with Crippen LogP contribution in [0.15, 0.2) is 42.6 Å². The summed E-state index contributed by atoms with van der Waals surface area (Å²) in [5.41, 5.74) is 6.25. The normalized spacial score (nSPS) is 20.2. The van der Waals surface area contributed by atoms with Gasteiger partial charge in [0.15, 0.2) is 0 Å². The maximum Gasteiger partial charge on any atom is 0.267 e. The minimum absolute atomic E-state index is 0.0723. The fraction of sp³-hybridized carbons (Fsp3) is 0.235. The average molecular weight is 329 g/mol. The number of rotatable bonds is 3. The minimum Gasteiger partial charge on any atom is -0.391 e. The third kappa shape index (κ3) is 3.11. The molecule has 1 saturated heterocycles. The molecule has 1 aliphatic rings. The van der Waals surface area contributed by atoms with E-state index in [9.17, 15) is 19.1 Å². The molecule has 2 atom stereocenters. The van der Waals surface area contributed by atoms with Gasteiger partial charge in [-0.25, -0.2) is 4.39 Å². The lowest BCUT2D eigenvalue weighted by Crippen LogP contribution is -2.32. The van der Waals surface area contributed by atoms with E-state index >= 15 is 0 Å². The van der Waals surface area contributed by atoms with E-state index in [-0.39, 0.29) is 30.0 Å². The fourth-order valence-electron chi connectivity index (χ4n) is 2.87. The van der Waals surface area contributed by atoms with Gasteiger partial charge in [-0.1, -0.05) is 12.1 Å². The van der Waals surface area contributed by atoms with Crippen LogP contribution in [0.1, 0.15) is 38.9 Å². The zero-order valence-corrected chi connectivity index (χ0v) is 12.7. The summed E-state index contributed by atoms with van der Waals surface area (Å²) in [7, 11) is 0. The lowest BCUT2D eigenvalue weighted by atomic mass is 10.0. The lowest BCUT2D eigenvalue weighted by molar-refractivity contribution is 0.0715. The van der Waals surface area contributed by atoms with Gasteiger partial charge in [0.1, 0.15) is 11.5 Å². The highest BCUT2D eigenvalue weighted by Crippen LogP contribution is 2.33. The number of aliphatic hydroxyl groups excluding tert-OH is 1. The number of aromatic nitrogens is 1. The number of pyridine rings is 1. The van der Waals surface area contributed by atoms with Crippen LogP contribution in [0.2, 0.25) is 0 Å². The average Bonchev–Trinajstić information content (AvgIpc) is 2.96. The van der Waals surface area contributed by atoms with Gasteiger partial charge in [0.25, 0.3) is 11.8 Å². The van der Waals surface area contributed by atoms with Gasteiger partial charge >= 0.3 is 0 Å². The molecule has 1 aromatic heterocycles. The van der Waals surface area contributed by atoms with Crippen molar-refractivity contribution in [2.75, 3.05) is 6.54 Å². The third-order valence-corrected chi connectivity index (χ3v) is 4.06. The topological polar surface area (TPSA) is 96.5 Å². The molecule has 3 N–H and O–H groups in total. The van der Waals surface area contributed by atoms with E-state index in [1.165, 1.54) is 35.4 Å². The van der Waals surface area contributed by atoms with E-state index in [1.54, 1.807) is 12.1 Å². The molecule has 0 radical (unpaired) electrons. The number of primary amides is 1. The Labute approximate surface area is 137 Å². The largest absolute Gasteiger partial charge is 0.391 e. The van der Waals surface area contributed by atoms with Crippen LogP contribution in [-0.4, -0.2) is 39.5 Å². The summed E-state index contributed by atoms with van der Waals surface area (Å²) < 4.78 is 13.1. The molecule has 0 saturated carbocycles. The first-order chi connectivity index (χ1) is 11.5. The number of benzene rings is 1. The lowest BCUT2D eigenvalue weighted by Gasteiger charge is -2.24. The highest BCUT2D eigenvalue weighted by molar-refractivity contribution is 5.96. The Hall–Kier alpha value is -2.80. The van der Waals surface area contributed by atoms with E-state index in [0.29, 0.717) is 12.0 Å². The van der Waals surface area contributed by atoms with E-state index in [4.69, 9.17) is 5.73 Å². The molecule has 0 spiro atoms. The predicted molar refractivity (Wildman–Crippen MR) is 83.6 cm³/mol. The monoisotopic (exact) mass is 329 g/mol. The maximum atomic E-state index is 13.1. The van der Waals surface area contributed by atoms with E-state index in [0.717, 1.165) is 5.56 Å². The molecule has 6 nitrogen and oxygen atoms in total. The van der Waals surface area contributed by atoms with Crippen molar-refractivity contribution < 1.29 is 19.1 Å². The van der Waals surface area contributed by atoms with Crippen LogP contribution in [0, 0.1) is 5.82 Å². The van der Waals surface area contributed by atoms with Crippen LogP contribution in [0.5, 0.6) is 0 Å². The Balaban J connectivity index is 1.86. The number of carbonyl (C=O) groups excluding carboxylic acids is 2. The van der Waals surface area contributed by atoms with Crippen molar-refractivity contribution in [3.63, 3.8) is 0 Å². The van der Waals surface area contributed by atoms with E-state index in [2.05, 4.69) is 4.98 Å². The van der Waals surface area contributed by atoms with Gasteiger partial charge < -0.3 is 15.7 Å². The fourth-order valence-corrected chi connectivity index (χ4v) is 2.87. The summed E-state index contributed by atoms with van der Waals surface area (Å²) in [6, 6.07) is 8.37. The summed E-state index contributed by atoms with van der Waals surface area (Å²) in [5, 5.41) is 9.95. The smallest absolute Gasteiger partial charge is 0.267 e. The molecule has 124 valence electrons. The predicted octanol–water partition coefficient (Wildman–Crippen LogP) is 1.27. The molecule has 7 heteroatoms. The summed E-state index contributed by atoms with van der Waals surface area (Å²) >= 11 is 0. The standard InChI is InChI=1S/C17H16FN3O3/c18-12-4-1-10(2-5-12)15-7-13(22)9-21(15)17(24)11-3-6-14(16(19)23)20-8-11/h1-6,8,13,15,22H,7,9H2,(H2,19,23)/t13-,15+/m1/s1. The van der Waals surface area contributed by atoms with Crippen LogP contribution in [0.4, 0.5) is 4.39 Å². The van der Waals surface area contributed by atoms with Crippen molar-refractivity contribution in [1.29, 1.82) is 0 Å². The van der Waals surface area contributed by atoms with Crippen molar-refractivity contribution >= 4 is 11.8 Å². The zero-order chi connectivity index (χ0) is 17.3. The SMILES string of the molecule is NC(=O)c1ccc(C(=O)N2C[C@H](O)C[C@H]2c2ccc(F)cc2)cn1. The zero-order valence-electron chi connectivity index (χ0n) is 12.7. The first-order valence-electron chi connectivity index (χ1n) is 7.46. The molecule has 24 heavy (non-hydrogen) atoms. The van der Waals surface area contributed by atoms with Crippen molar-refractivity contribution in [2.24, 2.45) is 5.73 Å². The molecule has 1 aromatic carbocycles. The molecule has 0 aliphatic carbocycles. The number of nitrogens with two attached hydrogens (primary N) is 1. The Kier molecular flexibility index (Phi) is 4.26. The third-order valence-electron chi connectivity index (χ3n) is 4.06. The quantitative estimate of drug-likeness (QED) is 0.886. The molecule has 2 amide bonds. The van der Waals surface area contributed by atoms with Gasteiger partial charge in [-0.3, -0.25) is 14.6 Å². The number of halogens is 1. The molecule has 2 aromatic rings. The maximum absolute atomic E-state index is 13.1. The second kappa shape index (κ2) is 6.37. The number of likely N-dealkylation sites (tertiary alicyclic amines) is 1. The van der Waals surface area contributed by atoms with Gasteiger partial charge in [0, 0.05) is 12.7 Å². The van der Waals surface area contributed by atoms with E-state index in [1.807, 2.05) is 0 Å². The molecule has 1 aliphatic heterocycles. The van der Waals surface area contributed by atoms with Gasteiger partial charge in [-0.2, -0.15) is 0 Å². The summed E-state index contributed by atoms with van der Waals surface area (Å²) in [4.78, 5) is 29.1. The minimum atomic E-state index is -0.671. The van der Waals surface area contributed by atoms with Crippen molar-refractivity contribution in [3.05, 3.63) is 65.2 Å². The summed E-state index contributed by atoms with van der Waals surface area (Å²) in [6.07, 6.45) is 1.01. The van der Waals surface area contributed by atoms with Crippen LogP contribution in [-0.2, 0) is 0 Å². The molecule has 3 rings (SSSR count). The first-order valence-corrected chi connectivity index (χ1v) is 7.46. The van der Waals surface area contributed by atoms with Crippen LogP contribution >= 0.6 is 0 Å². The number of nitrogens with zero attached hydrogens (tertiary/aromatic N) is 2. The number of carbonyl (C=O) groups is 2. The first kappa shape index (κ1) is 16.1. The number of hydrogen-bond donors (Lipinski definition) is 2. The number of hydrogen-bond acceptors (Lipinski definition) is 4. The van der Waals surface area contributed by atoms with Gasteiger partial charge in [0.2, 0.25) is 0 Å². The second-order valence-electron chi connectivity index (χ2n) is 5.71. The molecular weight excluding hydrogens is 313 g/mol. The van der Waals surface area contributed by atoms with Crippen molar-refractivity contribution in [3.8, 4) is 0 Å². The van der Waals surface area contributed by atoms with Gasteiger partial charge in [-0.15, -0.1) is 0 Å². The molecule has 2 heterocycles. The van der Waals surface area contributed by atoms with Crippen LogP contribution < -0.4 is 5.73 Å². The molecule has 1 fully saturated rings. The number of aliphatic hydroxyl groups is 1. The highest BCUT2D eigenvalue weighted by Gasteiger charge is 2.35. The molecule has 0 unspecified atom stereocenters. The molecular formula is C17H16FN3O3. The molecule has 0 bridgehead atoms. The Morgan fingerprint density at radius 3 is 2.50 bits per heavy atom. The van der Waals surface area contributed by atoms with Crippen LogP contribution in [0.3, 0.4) is 0 Å². The number of β-amino-alcohol motifs (C(OH)–C–C–N with tert-alkyl or cyclic N) is 1. The van der Waals surface area contributed by atoms with Crippen LogP contribution in [0.25, 0.3) is 0 Å². The Morgan fingerprint density at radius 1 is 1.21 bits per heavy atom. The highest BCUT2D eigenvalue weighted by atomic mass is 19.1. The Morgan fingerprint density at radius 2 is 1.92 bits per heavy atom. The summed E-state index contributed by atoms with van der Waals surface area (Å²) in [6.45, 7) is 0.179. The Bertz CT molecular complexity index is 762. The van der Waals surface area contributed by atoms with E-state index < -0.39 is 12.0 Å².